The lowest BCUT2D eigenvalue weighted by atomic mass is 10.1. The second-order valence-corrected chi connectivity index (χ2v) is 4.42. The number of aliphatic carboxylic acids is 1. The normalized spacial score (nSPS) is 14.1. The standard InChI is InChI=1S/C10H12O6S/c1-16-10(15)7-3-2-6(17-7)9(14)5(11)4-8(12)13/h2-3,5,9,11,14H,4H2,1H3,(H,12,13). The number of carboxylic acids is 1. The van der Waals surface area contributed by atoms with Crippen LogP contribution in [0.2, 0.25) is 0 Å². The second-order valence-electron chi connectivity index (χ2n) is 3.30. The lowest BCUT2D eigenvalue weighted by Gasteiger charge is -2.13. The molecule has 94 valence electrons. The number of aliphatic hydroxyl groups excluding tert-OH is 2. The summed E-state index contributed by atoms with van der Waals surface area (Å²) in [6, 6.07) is 2.90. The monoisotopic (exact) mass is 260 g/mol. The van der Waals surface area contributed by atoms with Gasteiger partial charge in [0, 0.05) is 4.88 Å². The fraction of sp³-hybridized carbons (Fsp3) is 0.400. The first-order chi connectivity index (χ1) is 7.95. The predicted octanol–water partition coefficient (Wildman–Crippen LogP) is 0.404. The number of esters is 1. The van der Waals surface area contributed by atoms with E-state index in [2.05, 4.69) is 4.74 Å². The Kier molecular flexibility index (Phi) is 4.62. The van der Waals surface area contributed by atoms with Gasteiger partial charge in [0.05, 0.1) is 19.6 Å². The summed E-state index contributed by atoms with van der Waals surface area (Å²) in [5, 5.41) is 27.5. The van der Waals surface area contributed by atoms with E-state index < -0.39 is 30.6 Å². The van der Waals surface area contributed by atoms with Crippen LogP contribution in [0.3, 0.4) is 0 Å². The fourth-order valence-electron chi connectivity index (χ4n) is 1.20. The molecule has 0 spiro atoms. The van der Waals surface area contributed by atoms with Crippen molar-refractivity contribution in [1.82, 2.24) is 0 Å². The molecule has 7 heteroatoms. The lowest BCUT2D eigenvalue weighted by Crippen LogP contribution is -2.20. The van der Waals surface area contributed by atoms with Gasteiger partial charge in [0.15, 0.2) is 0 Å². The largest absolute Gasteiger partial charge is 0.481 e. The van der Waals surface area contributed by atoms with Crippen molar-refractivity contribution in [2.45, 2.75) is 18.6 Å². The summed E-state index contributed by atoms with van der Waals surface area (Å²) in [6.45, 7) is 0. The molecule has 2 atom stereocenters. The van der Waals surface area contributed by atoms with E-state index >= 15 is 0 Å². The number of carbonyl (C=O) groups excluding carboxylic acids is 1. The number of rotatable bonds is 5. The minimum Gasteiger partial charge on any atom is -0.481 e. The van der Waals surface area contributed by atoms with Gasteiger partial charge in [0.25, 0.3) is 0 Å². The highest BCUT2D eigenvalue weighted by molar-refractivity contribution is 7.14. The molecule has 17 heavy (non-hydrogen) atoms. The van der Waals surface area contributed by atoms with Crippen LogP contribution in [0.15, 0.2) is 12.1 Å². The topological polar surface area (TPSA) is 104 Å². The van der Waals surface area contributed by atoms with Crippen LogP contribution in [0.25, 0.3) is 0 Å². The Labute approximate surface area is 101 Å². The van der Waals surface area contributed by atoms with Gasteiger partial charge in [0.2, 0.25) is 0 Å². The molecule has 0 fully saturated rings. The Morgan fingerprint density at radius 1 is 1.41 bits per heavy atom. The van der Waals surface area contributed by atoms with E-state index in [1.807, 2.05) is 0 Å². The first kappa shape index (κ1) is 13.6. The van der Waals surface area contributed by atoms with Crippen molar-refractivity contribution >= 4 is 23.3 Å². The number of aliphatic hydroxyl groups is 2. The zero-order valence-electron chi connectivity index (χ0n) is 8.99. The summed E-state index contributed by atoms with van der Waals surface area (Å²) >= 11 is 0.952. The molecule has 1 rings (SSSR count). The van der Waals surface area contributed by atoms with Crippen LogP contribution < -0.4 is 0 Å². The number of hydrogen-bond donors (Lipinski definition) is 3. The van der Waals surface area contributed by atoms with Crippen molar-refractivity contribution in [2.24, 2.45) is 0 Å². The molecule has 0 amide bonds. The van der Waals surface area contributed by atoms with E-state index in [-0.39, 0.29) is 4.88 Å². The smallest absolute Gasteiger partial charge is 0.348 e. The number of hydrogen-bond acceptors (Lipinski definition) is 6. The Bertz CT molecular complexity index is 413. The molecule has 1 heterocycles. The van der Waals surface area contributed by atoms with Gasteiger partial charge >= 0.3 is 11.9 Å². The SMILES string of the molecule is COC(=O)c1ccc(C(O)C(O)CC(=O)O)s1. The van der Waals surface area contributed by atoms with Crippen molar-refractivity contribution in [3.05, 3.63) is 21.9 Å². The summed E-state index contributed by atoms with van der Waals surface area (Å²) in [5.41, 5.74) is 0. The van der Waals surface area contributed by atoms with Crippen molar-refractivity contribution in [3.8, 4) is 0 Å². The fourth-order valence-corrected chi connectivity index (χ4v) is 2.17. The van der Waals surface area contributed by atoms with E-state index in [1.54, 1.807) is 0 Å². The van der Waals surface area contributed by atoms with Gasteiger partial charge in [-0.25, -0.2) is 4.79 Å². The third-order valence-corrected chi connectivity index (χ3v) is 3.19. The van der Waals surface area contributed by atoms with E-state index in [1.165, 1.54) is 19.2 Å². The molecule has 0 radical (unpaired) electrons. The maximum absolute atomic E-state index is 11.1. The van der Waals surface area contributed by atoms with Gasteiger partial charge in [0.1, 0.15) is 11.0 Å². The van der Waals surface area contributed by atoms with E-state index in [0.29, 0.717) is 4.88 Å². The molecule has 3 N–H and O–H groups in total. The minimum atomic E-state index is -1.41. The van der Waals surface area contributed by atoms with Gasteiger partial charge < -0.3 is 20.1 Å². The second kappa shape index (κ2) is 5.76. The van der Waals surface area contributed by atoms with Gasteiger partial charge in [-0.05, 0) is 12.1 Å². The third kappa shape index (κ3) is 3.52. The summed E-state index contributed by atoms with van der Waals surface area (Å²) in [4.78, 5) is 22.1. The molecule has 0 aliphatic rings. The van der Waals surface area contributed by atoms with E-state index in [0.717, 1.165) is 11.3 Å². The maximum atomic E-state index is 11.1. The summed E-state index contributed by atoms with van der Waals surface area (Å²) in [6.07, 6.45) is -3.29. The number of methoxy groups -OCH3 is 1. The number of carboxylic acid groups (broad SMARTS) is 1. The third-order valence-electron chi connectivity index (χ3n) is 2.05. The summed E-state index contributed by atoms with van der Waals surface area (Å²) in [5.74, 6) is -1.75. The van der Waals surface area contributed by atoms with Crippen LogP contribution in [0.5, 0.6) is 0 Å². The van der Waals surface area contributed by atoms with E-state index in [9.17, 15) is 19.8 Å². The van der Waals surface area contributed by atoms with Gasteiger partial charge in [-0.3, -0.25) is 4.79 Å². The van der Waals surface area contributed by atoms with Crippen molar-refractivity contribution in [1.29, 1.82) is 0 Å². The van der Waals surface area contributed by atoms with Crippen LogP contribution in [-0.2, 0) is 9.53 Å². The molecule has 0 aliphatic heterocycles. The molecule has 0 saturated carbocycles. The van der Waals surface area contributed by atoms with Crippen LogP contribution in [-0.4, -0.2) is 40.5 Å². The molecule has 6 nitrogen and oxygen atoms in total. The molecule has 0 aromatic carbocycles. The molecule has 2 unspecified atom stereocenters. The van der Waals surface area contributed by atoms with Gasteiger partial charge in [-0.15, -0.1) is 11.3 Å². The highest BCUT2D eigenvalue weighted by atomic mass is 32.1. The Morgan fingerprint density at radius 2 is 2.06 bits per heavy atom. The number of ether oxygens (including phenoxy) is 1. The molecule has 1 aromatic heterocycles. The predicted molar refractivity (Wildman–Crippen MR) is 58.9 cm³/mol. The number of carbonyl (C=O) groups is 2. The maximum Gasteiger partial charge on any atom is 0.348 e. The quantitative estimate of drug-likeness (QED) is 0.662. The molecule has 1 aromatic rings. The number of thiophene rings is 1. The lowest BCUT2D eigenvalue weighted by molar-refractivity contribution is -0.141. The molecule has 0 bridgehead atoms. The van der Waals surface area contributed by atoms with Gasteiger partial charge in [-0.2, -0.15) is 0 Å². The zero-order chi connectivity index (χ0) is 13.0. The molecule has 0 saturated heterocycles. The molecular weight excluding hydrogens is 248 g/mol. The molecular formula is C10H12O6S. The average Bonchev–Trinajstić information content (AvgIpc) is 2.75. The first-order valence-electron chi connectivity index (χ1n) is 4.71. The van der Waals surface area contributed by atoms with Crippen molar-refractivity contribution < 1.29 is 29.6 Å². The average molecular weight is 260 g/mol. The summed E-state index contributed by atoms with van der Waals surface area (Å²) < 4.78 is 4.49. The zero-order valence-corrected chi connectivity index (χ0v) is 9.81. The van der Waals surface area contributed by atoms with Crippen LogP contribution >= 0.6 is 11.3 Å². The van der Waals surface area contributed by atoms with Crippen molar-refractivity contribution in [2.75, 3.05) is 7.11 Å². The van der Waals surface area contributed by atoms with E-state index in [4.69, 9.17) is 5.11 Å². The van der Waals surface area contributed by atoms with Crippen LogP contribution in [0.4, 0.5) is 0 Å². The summed E-state index contributed by atoms with van der Waals surface area (Å²) in [7, 11) is 1.23. The van der Waals surface area contributed by atoms with Crippen LogP contribution in [0, 0.1) is 0 Å². The minimum absolute atomic E-state index is 0.282. The highest BCUT2D eigenvalue weighted by Crippen LogP contribution is 2.27. The first-order valence-corrected chi connectivity index (χ1v) is 5.53. The van der Waals surface area contributed by atoms with Gasteiger partial charge in [-0.1, -0.05) is 0 Å². The van der Waals surface area contributed by atoms with Crippen molar-refractivity contribution in [3.63, 3.8) is 0 Å². The Hall–Kier alpha value is -1.44. The Balaban J connectivity index is 2.75. The highest BCUT2D eigenvalue weighted by Gasteiger charge is 2.23. The van der Waals surface area contributed by atoms with Crippen LogP contribution in [0.1, 0.15) is 27.1 Å². The molecule has 0 aliphatic carbocycles. The Morgan fingerprint density at radius 3 is 2.59 bits per heavy atom.